The van der Waals surface area contributed by atoms with E-state index in [0.29, 0.717) is 17.8 Å². The Labute approximate surface area is 179 Å². The lowest BCUT2D eigenvalue weighted by molar-refractivity contribution is -0.137. The van der Waals surface area contributed by atoms with Crippen molar-refractivity contribution in [3.8, 4) is 0 Å². The Hall–Kier alpha value is -2.85. The van der Waals surface area contributed by atoms with E-state index in [1.165, 1.54) is 18.5 Å². The van der Waals surface area contributed by atoms with Crippen LogP contribution in [0.25, 0.3) is 0 Å². The van der Waals surface area contributed by atoms with E-state index in [-0.39, 0.29) is 16.3 Å². The number of alkyl halides is 3. The topological polar surface area (TPSA) is 86.7 Å². The Kier molecular flexibility index (Phi) is 7.27. The maximum absolute atomic E-state index is 12.8. The van der Waals surface area contributed by atoms with Crippen LogP contribution in [0.4, 0.5) is 18.9 Å². The first-order valence-electron chi connectivity index (χ1n) is 8.24. The number of amides is 2. The molecular weight excluding hydrogens is 446 g/mol. The maximum atomic E-state index is 12.8. The second-order valence-electron chi connectivity index (χ2n) is 6.30. The molecule has 0 aliphatic carbocycles. The molecule has 0 aliphatic heterocycles. The minimum atomic E-state index is -4.66. The van der Waals surface area contributed by atoms with Gasteiger partial charge in [0.05, 0.1) is 21.8 Å². The molecule has 2 aromatic rings. The van der Waals surface area contributed by atoms with Crippen molar-refractivity contribution in [1.29, 1.82) is 0 Å². The second-order valence-corrected chi connectivity index (χ2v) is 7.14. The largest absolute Gasteiger partial charge is 0.417 e. The summed E-state index contributed by atoms with van der Waals surface area (Å²) in [5.41, 5.74) is 1.27. The molecule has 7 nitrogen and oxygen atoms in total. The summed E-state index contributed by atoms with van der Waals surface area (Å²) < 4.78 is 38.3. The van der Waals surface area contributed by atoms with Gasteiger partial charge >= 0.3 is 6.18 Å². The molecule has 30 heavy (non-hydrogen) atoms. The number of hydrogen-bond donors (Lipinski definition) is 2. The first kappa shape index (κ1) is 23.4. The molecule has 12 heteroatoms. The fourth-order valence-corrected chi connectivity index (χ4v) is 2.81. The van der Waals surface area contributed by atoms with Crippen LogP contribution < -0.4 is 10.7 Å². The molecule has 0 saturated carbocycles. The molecule has 0 atom stereocenters. The number of hydrogen-bond acceptors (Lipinski definition) is 4. The lowest BCUT2D eigenvalue weighted by Gasteiger charge is -2.15. The zero-order valence-electron chi connectivity index (χ0n) is 15.9. The average Bonchev–Trinajstić information content (AvgIpc) is 2.62. The molecule has 0 fully saturated rings. The van der Waals surface area contributed by atoms with Crippen molar-refractivity contribution in [2.24, 2.45) is 5.10 Å². The van der Waals surface area contributed by atoms with E-state index in [9.17, 15) is 22.8 Å². The van der Waals surface area contributed by atoms with Gasteiger partial charge in [-0.1, -0.05) is 23.2 Å². The van der Waals surface area contributed by atoms with E-state index < -0.39 is 34.3 Å². The van der Waals surface area contributed by atoms with Crippen LogP contribution in [0, 0.1) is 6.92 Å². The number of anilines is 1. The summed E-state index contributed by atoms with van der Waals surface area (Å²) in [7, 11) is 3.40. The first-order chi connectivity index (χ1) is 13.9. The van der Waals surface area contributed by atoms with E-state index in [0.717, 1.165) is 0 Å². The molecule has 1 aromatic heterocycles. The zero-order chi connectivity index (χ0) is 22.6. The normalized spacial score (nSPS) is 11.5. The van der Waals surface area contributed by atoms with Gasteiger partial charge < -0.3 is 10.2 Å². The summed E-state index contributed by atoms with van der Waals surface area (Å²) in [6.45, 7) is 1.59. The van der Waals surface area contributed by atoms with Crippen LogP contribution in [0.15, 0.2) is 29.5 Å². The number of aryl methyl sites for hydroxylation is 1. The van der Waals surface area contributed by atoms with Gasteiger partial charge in [-0.3, -0.25) is 9.59 Å². The lowest BCUT2D eigenvalue weighted by atomic mass is 10.1. The summed E-state index contributed by atoms with van der Waals surface area (Å²) >= 11 is 11.8. The fourth-order valence-electron chi connectivity index (χ4n) is 2.28. The number of halogens is 5. The third-order valence-electron chi connectivity index (χ3n) is 3.62. The van der Waals surface area contributed by atoms with Gasteiger partial charge in [0.2, 0.25) is 0 Å². The lowest BCUT2D eigenvalue weighted by Crippen LogP contribution is -2.24. The minimum absolute atomic E-state index is 0.00714. The average molecular weight is 462 g/mol. The van der Waals surface area contributed by atoms with Gasteiger partial charge in [0.1, 0.15) is 12.0 Å². The number of nitrogens with zero attached hydrogens (tertiary/aromatic N) is 3. The zero-order valence-corrected chi connectivity index (χ0v) is 17.4. The predicted octanol–water partition coefficient (Wildman–Crippen LogP) is 4.20. The Morgan fingerprint density at radius 2 is 1.83 bits per heavy atom. The monoisotopic (exact) mass is 461 g/mol. The number of carbonyl (C=O) groups excluding carboxylic acids is 2. The van der Waals surface area contributed by atoms with Gasteiger partial charge in [-0.25, -0.2) is 10.4 Å². The molecule has 1 heterocycles. The molecule has 2 N–H and O–H groups in total. The van der Waals surface area contributed by atoms with E-state index >= 15 is 0 Å². The fraction of sp³-hybridized carbons (Fsp3) is 0.222. The number of aromatic nitrogens is 1. The minimum Gasteiger partial charge on any atom is -0.367 e. The van der Waals surface area contributed by atoms with E-state index in [4.69, 9.17) is 23.2 Å². The van der Waals surface area contributed by atoms with Crippen molar-refractivity contribution in [3.05, 3.63) is 56.8 Å². The Balaban J connectivity index is 2.36. The Morgan fingerprint density at radius 3 is 2.40 bits per heavy atom. The third-order valence-corrected chi connectivity index (χ3v) is 4.13. The number of carbonyl (C=O) groups is 2. The molecule has 0 unspecified atom stereocenters. The molecule has 0 aliphatic rings. The van der Waals surface area contributed by atoms with E-state index in [2.05, 4.69) is 20.8 Å². The molecule has 1 aromatic carbocycles. The van der Waals surface area contributed by atoms with E-state index in [1.54, 1.807) is 25.9 Å². The number of nitrogens with one attached hydrogen (secondary N) is 2. The summed E-state index contributed by atoms with van der Waals surface area (Å²) in [5, 5.41) is 5.93. The van der Waals surface area contributed by atoms with Crippen molar-refractivity contribution in [3.63, 3.8) is 0 Å². The molecule has 0 bridgehead atoms. The smallest absolute Gasteiger partial charge is 0.367 e. The summed E-state index contributed by atoms with van der Waals surface area (Å²) in [5.74, 6) is -1.56. The van der Waals surface area contributed by atoms with E-state index in [1.807, 2.05) is 0 Å². The van der Waals surface area contributed by atoms with Crippen molar-refractivity contribution >= 4 is 47.0 Å². The maximum Gasteiger partial charge on any atom is 0.417 e. The van der Waals surface area contributed by atoms with Crippen LogP contribution in [0.5, 0.6) is 0 Å². The highest BCUT2D eigenvalue weighted by molar-refractivity contribution is 6.34. The van der Waals surface area contributed by atoms with Crippen LogP contribution in [0.1, 0.15) is 32.0 Å². The van der Waals surface area contributed by atoms with Crippen molar-refractivity contribution < 1.29 is 22.8 Å². The molecule has 0 saturated heterocycles. The molecule has 2 amide bonds. The molecule has 0 radical (unpaired) electrons. The molecule has 0 spiro atoms. The second kappa shape index (κ2) is 9.31. The van der Waals surface area contributed by atoms with Crippen LogP contribution in [-0.2, 0) is 6.18 Å². The van der Waals surface area contributed by atoms with Gasteiger partial charge in [0.25, 0.3) is 11.8 Å². The summed E-state index contributed by atoms with van der Waals surface area (Å²) in [6, 6.07) is 3.41. The SMILES string of the molecule is Cc1cc(Cl)cc(C(=O)NN=CN(C)C)c1NC(=O)c1ncc(C(F)(F)F)cc1Cl. The van der Waals surface area contributed by atoms with Gasteiger partial charge in [0, 0.05) is 25.3 Å². The van der Waals surface area contributed by atoms with Crippen LogP contribution in [0.3, 0.4) is 0 Å². The van der Waals surface area contributed by atoms with Crippen LogP contribution in [-0.4, -0.2) is 42.1 Å². The number of rotatable bonds is 5. The Bertz CT molecular complexity index is 1010. The van der Waals surface area contributed by atoms with Gasteiger partial charge in [-0.05, 0) is 30.7 Å². The highest BCUT2D eigenvalue weighted by atomic mass is 35.5. The quantitative estimate of drug-likeness (QED) is 0.396. The van der Waals surface area contributed by atoms with Gasteiger partial charge in [-0.2, -0.15) is 18.3 Å². The highest BCUT2D eigenvalue weighted by Gasteiger charge is 2.32. The number of pyridine rings is 1. The van der Waals surface area contributed by atoms with Crippen molar-refractivity contribution in [2.75, 3.05) is 19.4 Å². The molecule has 2 rings (SSSR count). The van der Waals surface area contributed by atoms with Crippen LogP contribution >= 0.6 is 23.2 Å². The Morgan fingerprint density at radius 1 is 1.17 bits per heavy atom. The number of benzene rings is 1. The van der Waals surface area contributed by atoms with Crippen molar-refractivity contribution in [1.82, 2.24) is 15.3 Å². The van der Waals surface area contributed by atoms with Crippen LogP contribution in [0.2, 0.25) is 10.0 Å². The van der Waals surface area contributed by atoms with Gasteiger partial charge in [-0.15, -0.1) is 0 Å². The number of hydrazone groups is 1. The van der Waals surface area contributed by atoms with Gasteiger partial charge in [0.15, 0.2) is 0 Å². The standard InChI is InChI=1S/C18H16Cl2F3N5O2/c1-9-4-11(19)6-12(16(29)27-25-8-28(2)3)14(9)26-17(30)15-13(20)5-10(7-24-15)18(21,22)23/h4-8H,1-3H3,(H,26,30)(H,27,29). The van der Waals surface area contributed by atoms with Crippen molar-refractivity contribution in [2.45, 2.75) is 13.1 Å². The summed E-state index contributed by atoms with van der Waals surface area (Å²) in [6.07, 6.45) is -2.81. The highest BCUT2D eigenvalue weighted by Crippen LogP contribution is 2.32. The summed E-state index contributed by atoms with van der Waals surface area (Å²) in [4.78, 5) is 30.1. The molecular formula is C18H16Cl2F3N5O2. The third kappa shape index (κ3) is 5.83. The first-order valence-corrected chi connectivity index (χ1v) is 9.00. The molecule has 160 valence electrons. The predicted molar refractivity (Wildman–Crippen MR) is 108 cm³/mol.